The lowest BCUT2D eigenvalue weighted by atomic mass is 10.00. The molecule has 4 heterocycles. The molecule has 0 bridgehead atoms. The highest BCUT2D eigenvalue weighted by molar-refractivity contribution is 6.15. The molecule has 29 heavy (non-hydrogen) atoms. The number of carbonyl (C=O) groups excluding carboxylic acids is 1. The van der Waals surface area contributed by atoms with Crippen LogP contribution in [-0.4, -0.2) is 27.4 Å². The summed E-state index contributed by atoms with van der Waals surface area (Å²) in [5.74, 6) is 1.58. The van der Waals surface area contributed by atoms with Gasteiger partial charge in [-0.25, -0.2) is 0 Å². The molecule has 144 valence electrons. The third-order valence-corrected chi connectivity index (χ3v) is 5.10. The van der Waals surface area contributed by atoms with E-state index in [1.807, 2.05) is 43.3 Å². The van der Waals surface area contributed by atoms with Gasteiger partial charge in [0.05, 0.1) is 11.3 Å². The lowest BCUT2D eigenvalue weighted by molar-refractivity contribution is 0.0865. The van der Waals surface area contributed by atoms with Gasteiger partial charge in [0.15, 0.2) is 5.76 Å². The molecule has 0 fully saturated rings. The maximum absolute atomic E-state index is 12.9. The van der Waals surface area contributed by atoms with Crippen molar-refractivity contribution >= 4 is 11.9 Å². The van der Waals surface area contributed by atoms with Crippen molar-refractivity contribution in [1.29, 1.82) is 0 Å². The minimum absolute atomic E-state index is 0.114. The van der Waals surface area contributed by atoms with Crippen LogP contribution in [0.5, 0.6) is 11.5 Å². The van der Waals surface area contributed by atoms with E-state index < -0.39 is 0 Å². The topological polar surface area (TPSA) is 64.5 Å². The Kier molecular flexibility index (Phi) is 4.33. The summed E-state index contributed by atoms with van der Waals surface area (Å²) in [6, 6.07) is 11.5. The van der Waals surface area contributed by atoms with E-state index in [2.05, 4.69) is 14.9 Å². The molecule has 6 heteroatoms. The fourth-order valence-corrected chi connectivity index (χ4v) is 3.73. The van der Waals surface area contributed by atoms with Crippen molar-refractivity contribution in [3.63, 3.8) is 0 Å². The standard InChI is InChI=1S/C23H19N3O3/c1-15-22-17(12-26(14-28-22)13-18-6-2-3-8-25-18)10-19-21(27)20(29-23(15)19)9-16-5-4-7-24-11-16/h2-11H,12-14H2,1H3/b20-9-. The van der Waals surface area contributed by atoms with Gasteiger partial charge in [-0.15, -0.1) is 0 Å². The number of benzene rings is 1. The van der Waals surface area contributed by atoms with Gasteiger partial charge in [-0.3, -0.25) is 19.7 Å². The number of Topliss-reactive ketones (excluding diaryl/α,β-unsaturated/α-hetero) is 1. The zero-order valence-electron chi connectivity index (χ0n) is 16.0. The fourth-order valence-electron chi connectivity index (χ4n) is 3.73. The van der Waals surface area contributed by atoms with Crippen molar-refractivity contribution in [3.8, 4) is 11.5 Å². The summed E-state index contributed by atoms with van der Waals surface area (Å²) in [5, 5.41) is 0. The summed E-state index contributed by atoms with van der Waals surface area (Å²) in [6.45, 7) is 3.78. The second-order valence-corrected chi connectivity index (χ2v) is 7.17. The van der Waals surface area contributed by atoms with E-state index in [9.17, 15) is 4.79 Å². The fraction of sp³-hybridized carbons (Fsp3) is 0.174. The number of ketones is 1. The molecular weight excluding hydrogens is 366 g/mol. The zero-order chi connectivity index (χ0) is 19.8. The van der Waals surface area contributed by atoms with Crippen LogP contribution in [-0.2, 0) is 13.1 Å². The van der Waals surface area contributed by atoms with Crippen LogP contribution in [0.15, 0.2) is 60.7 Å². The first-order valence-corrected chi connectivity index (χ1v) is 9.45. The molecule has 1 aromatic carbocycles. The van der Waals surface area contributed by atoms with Gasteiger partial charge in [-0.05, 0) is 42.8 Å². The monoisotopic (exact) mass is 385 g/mol. The molecule has 3 aromatic rings. The summed E-state index contributed by atoms with van der Waals surface area (Å²) in [4.78, 5) is 23.6. The van der Waals surface area contributed by atoms with Crippen molar-refractivity contribution in [2.45, 2.75) is 20.0 Å². The Bertz CT molecular complexity index is 1110. The van der Waals surface area contributed by atoms with Crippen LogP contribution in [0.2, 0.25) is 0 Å². The Morgan fingerprint density at radius 2 is 2.10 bits per heavy atom. The van der Waals surface area contributed by atoms with Crippen LogP contribution < -0.4 is 9.47 Å². The lowest BCUT2D eigenvalue weighted by Crippen LogP contribution is -2.32. The van der Waals surface area contributed by atoms with Gasteiger partial charge in [-0.1, -0.05) is 12.1 Å². The zero-order valence-corrected chi connectivity index (χ0v) is 16.0. The molecule has 0 atom stereocenters. The van der Waals surface area contributed by atoms with E-state index in [1.54, 1.807) is 24.7 Å². The average molecular weight is 385 g/mol. The summed E-state index contributed by atoms with van der Waals surface area (Å²) < 4.78 is 12.0. The summed E-state index contributed by atoms with van der Waals surface area (Å²) >= 11 is 0. The molecule has 6 nitrogen and oxygen atoms in total. The van der Waals surface area contributed by atoms with E-state index in [0.29, 0.717) is 36.9 Å². The minimum atomic E-state index is -0.114. The lowest BCUT2D eigenvalue weighted by Gasteiger charge is -2.30. The molecule has 2 aliphatic rings. The van der Waals surface area contributed by atoms with Gasteiger partial charge < -0.3 is 9.47 Å². The normalized spacial score (nSPS) is 16.9. The number of rotatable bonds is 3. The van der Waals surface area contributed by atoms with Crippen LogP contribution in [0.25, 0.3) is 6.08 Å². The number of aromatic nitrogens is 2. The predicted octanol–water partition coefficient (Wildman–Crippen LogP) is 3.75. The Morgan fingerprint density at radius 3 is 2.90 bits per heavy atom. The third-order valence-electron chi connectivity index (χ3n) is 5.10. The van der Waals surface area contributed by atoms with E-state index in [4.69, 9.17) is 9.47 Å². The van der Waals surface area contributed by atoms with Gasteiger partial charge in [0.1, 0.15) is 18.2 Å². The number of pyridine rings is 2. The minimum Gasteiger partial charge on any atom is -0.477 e. The van der Waals surface area contributed by atoms with Gasteiger partial charge in [0.2, 0.25) is 5.78 Å². The van der Waals surface area contributed by atoms with Crippen LogP contribution in [0.3, 0.4) is 0 Å². The van der Waals surface area contributed by atoms with Crippen molar-refractivity contribution in [2.24, 2.45) is 0 Å². The number of fused-ring (bicyclic) bond motifs is 2. The molecule has 0 unspecified atom stereocenters. The van der Waals surface area contributed by atoms with Crippen LogP contribution in [0, 0.1) is 6.92 Å². The van der Waals surface area contributed by atoms with Crippen LogP contribution in [0.1, 0.15) is 32.7 Å². The highest BCUT2D eigenvalue weighted by atomic mass is 16.5. The molecule has 0 saturated heterocycles. The molecule has 0 saturated carbocycles. The van der Waals surface area contributed by atoms with E-state index >= 15 is 0 Å². The summed E-state index contributed by atoms with van der Waals surface area (Å²) in [7, 11) is 0. The van der Waals surface area contributed by atoms with Crippen molar-refractivity contribution in [3.05, 3.63) is 88.7 Å². The Balaban J connectivity index is 1.44. The van der Waals surface area contributed by atoms with Crippen LogP contribution >= 0.6 is 0 Å². The van der Waals surface area contributed by atoms with E-state index in [0.717, 1.165) is 28.1 Å². The van der Waals surface area contributed by atoms with Crippen molar-refractivity contribution in [1.82, 2.24) is 14.9 Å². The predicted molar refractivity (Wildman–Crippen MR) is 107 cm³/mol. The maximum Gasteiger partial charge on any atom is 0.231 e. The molecule has 2 aromatic heterocycles. The second kappa shape index (κ2) is 7.14. The number of carbonyl (C=O) groups is 1. The van der Waals surface area contributed by atoms with Crippen LogP contribution in [0.4, 0.5) is 0 Å². The van der Waals surface area contributed by atoms with Gasteiger partial charge >= 0.3 is 0 Å². The van der Waals surface area contributed by atoms with E-state index in [1.165, 1.54) is 0 Å². The molecule has 0 spiro atoms. The smallest absolute Gasteiger partial charge is 0.231 e. The van der Waals surface area contributed by atoms with Crippen molar-refractivity contribution < 1.29 is 14.3 Å². The molecular formula is C23H19N3O3. The highest BCUT2D eigenvalue weighted by Gasteiger charge is 2.33. The molecule has 5 rings (SSSR count). The quantitative estimate of drug-likeness (QED) is 0.640. The van der Waals surface area contributed by atoms with E-state index in [-0.39, 0.29) is 5.78 Å². The number of ether oxygens (including phenoxy) is 2. The molecule has 0 radical (unpaired) electrons. The maximum atomic E-state index is 12.9. The second-order valence-electron chi connectivity index (χ2n) is 7.17. The van der Waals surface area contributed by atoms with Gasteiger partial charge in [0, 0.05) is 42.8 Å². The Morgan fingerprint density at radius 1 is 1.17 bits per heavy atom. The summed E-state index contributed by atoms with van der Waals surface area (Å²) in [5.41, 5.74) is 4.24. The average Bonchev–Trinajstić information content (AvgIpc) is 3.05. The first-order chi connectivity index (χ1) is 14.2. The number of hydrogen-bond acceptors (Lipinski definition) is 6. The third kappa shape index (κ3) is 3.28. The molecule has 0 aliphatic carbocycles. The Hall–Kier alpha value is -3.51. The summed E-state index contributed by atoms with van der Waals surface area (Å²) in [6.07, 6.45) is 6.91. The molecule has 0 amide bonds. The molecule has 2 aliphatic heterocycles. The SMILES string of the molecule is Cc1c2c(cc3c1O/C(=C\c1cccnc1)C3=O)CN(Cc1ccccn1)CO2. The number of hydrogen-bond donors (Lipinski definition) is 0. The number of nitrogens with zero attached hydrogens (tertiary/aromatic N) is 3. The highest BCUT2D eigenvalue weighted by Crippen LogP contribution is 2.43. The Labute approximate surface area is 168 Å². The number of allylic oxidation sites excluding steroid dienone is 1. The molecule has 0 N–H and O–H groups in total. The van der Waals surface area contributed by atoms with Crippen molar-refractivity contribution in [2.75, 3.05) is 6.73 Å². The van der Waals surface area contributed by atoms with Gasteiger partial charge in [0.25, 0.3) is 0 Å². The first-order valence-electron chi connectivity index (χ1n) is 9.45. The van der Waals surface area contributed by atoms with Gasteiger partial charge in [-0.2, -0.15) is 0 Å². The first kappa shape index (κ1) is 17.6. The largest absolute Gasteiger partial charge is 0.477 e.